The van der Waals surface area contributed by atoms with Gasteiger partial charge < -0.3 is 9.84 Å². The highest BCUT2D eigenvalue weighted by atomic mass is 16.5. The molecule has 0 aliphatic heterocycles. The molecule has 0 saturated heterocycles. The Morgan fingerprint density at radius 3 is 2.70 bits per heavy atom. The highest BCUT2D eigenvalue weighted by Gasteiger charge is 2.15. The van der Waals surface area contributed by atoms with E-state index in [2.05, 4.69) is 15.8 Å². The summed E-state index contributed by atoms with van der Waals surface area (Å²) in [7, 11) is 0. The number of benzene rings is 1. The van der Waals surface area contributed by atoms with E-state index in [0.29, 0.717) is 5.88 Å². The lowest BCUT2D eigenvalue weighted by molar-refractivity contribution is -0.116. The molecule has 1 unspecified atom stereocenters. The summed E-state index contributed by atoms with van der Waals surface area (Å²) in [5.41, 5.74) is 4.02. The predicted octanol–water partition coefficient (Wildman–Crippen LogP) is 3.04. The molecule has 2 aromatic rings. The smallest absolute Gasteiger partial charge is 0.248 e. The van der Waals surface area contributed by atoms with Crippen LogP contribution in [0.2, 0.25) is 0 Å². The first-order chi connectivity index (χ1) is 9.47. The summed E-state index contributed by atoms with van der Waals surface area (Å²) < 4.78 is 4.97. The zero-order valence-corrected chi connectivity index (χ0v) is 12.2. The Morgan fingerprint density at radius 2 is 2.05 bits per heavy atom. The van der Waals surface area contributed by atoms with Gasteiger partial charge in [-0.05, 0) is 44.9 Å². The summed E-state index contributed by atoms with van der Waals surface area (Å²) in [6, 6.07) is 7.28. The number of rotatable bonds is 4. The largest absolute Gasteiger partial charge is 0.374 e. The van der Waals surface area contributed by atoms with Gasteiger partial charge >= 0.3 is 0 Å². The van der Waals surface area contributed by atoms with Gasteiger partial charge in [0.1, 0.15) is 6.04 Å². The Kier molecular flexibility index (Phi) is 4.08. The van der Waals surface area contributed by atoms with Crippen molar-refractivity contribution in [2.24, 2.45) is 0 Å². The van der Waals surface area contributed by atoms with Gasteiger partial charge in [0.25, 0.3) is 0 Å². The Hall–Kier alpha value is -2.30. The summed E-state index contributed by atoms with van der Waals surface area (Å²) in [5, 5.41) is 9.62. The average Bonchev–Trinajstić information content (AvgIpc) is 2.80. The van der Waals surface area contributed by atoms with Gasteiger partial charge in [-0.3, -0.25) is 10.1 Å². The summed E-state index contributed by atoms with van der Waals surface area (Å²) in [5.74, 6) is 0.198. The summed E-state index contributed by atoms with van der Waals surface area (Å²) in [6.45, 7) is 7.68. The minimum absolute atomic E-state index is 0.165. The molecule has 0 saturated carbocycles. The molecule has 20 heavy (non-hydrogen) atoms. The Morgan fingerprint density at radius 1 is 1.30 bits per heavy atom. The molecule has 5 nitrogen and oxygen atoms in total. The number of hydrogen-bond donors (Lipinski definition) is 2. The fourth-order valence-corrected chi connectivity index (χ4v) is 1.86. The number of aryl methyl sites for hydroxylation is 2. The number of nitrogens with zero attached hydrogens (tertiary/aromatic N) is 1. The maximum Gasteiger partial charge on any atom is 0.248 e. The van der Waals surface area contributed by atoms with Crippen LogP contribution in [0.3, 0.4) is 0 Å². The fourth-order valence-electron chi connectivity index (χ4n) is 1.86. The van der Waals surface area contributed by atoms with Crippen LogP contribution >= 0.6 is 0 Å². The van der Waals surface area contributed by atoms with E-state index < -0.39 is 0 Å². The Bertz CT molecular complexity index is 619. The van der Waals surface area contributed by atoms with Crippen LogP contribution in [-0.4, -0.2) is 17.1 Å². The van der Waals surface area contributed by atoms with Crippen LogP contribution in [0.5, 0.6) is 0 Å². The van der Waals surface area contributed by atoms with E-state index in [1.165, 1.54) is 5.56 Å². The maximum absolute atomic E-state index is 12.1. The molecule has 2 rings (SSSR count). The molecule has 1 aromatic heterocycles. The first-order valence-corrected chi connectivity index (χ1v) is 6.54. The second-order valence-corrected chi connectivity index (χ2v) is 4.94. The van der Waals surface area contributed by atoms with Crippen molar-refractivity contribution in [3.8, 4) is 0 Å². The van der Waals surface area contributed by atoms with Gasteiger partial charge in [-0.15, -0.1) is 0 Å². The van der Waals surface area contributed by atoms with Gasteiger partial charge in [0.15, 0.2) is 0 Å². The molecule has 0 aliphatic carbocycles. The molecule has 0 fully saturated rings. The van der Waals surface area contributed by atoms with E-state index in [1.54, 1.807) is 19.9 Å². The molecular weight excluding hydrogens is 254 g/mol. The normalized spacial score (nSPS) is 12.0. The second kappa shape index (κ2) is 5.77. The second-order valence-electron chi connectivity index (χ2n) is 4.94. The molecule has 1 atom stereocenters. The lowest BCUT2D eigenvalue weighted by atomic mass is 10.1. The molecule has 2 N–H and O–H groups in total. The zero-order valence-electron chi connectivity index (χ0n) is 12.2. The van der Waals surface area contributed by atoms with Crippen LogP contribution in [0.1, 0.15) is 23.7 Å². The lowest BCUT2D eigenvalue weighted by Crippen LogP contribution is -2.32. The molecule has 5 heteroatoms. The van der Waals surface area contributed by atoms with Crippen LogP contribution in [0.15, 0.2) is 28.8 Å². The van der Waals surface area contributed by atoms with Crippen LogP contribution in [0, 0.1) is 20.8 Å². The van der Waals surface area contributed by atoms with Crippen LogP contribution in [-0.2, 0) is 4.79 Å². The lowest BCUT2D eigenvalue weighted by Gasteiger charge is -2.16. The van der Waals surface area contributed by atoms with Gasteiger partial charge in [0, 0.05) is 11.8 Å². The number of hydrogen-bond acceptors (Lipinski definition) is 4. The van der Waals surface area contributed by atoms with E-state index in [1.807, 2.05) is 32.0 Å². The van der Waals surface area contributed by atoms with E-state index in [9.17, 15) is 4.79 Å². The highest BCUT2D eigenvalue weighted by Crippen LogP contribution is 2.19. The van der Waals surface area contributed by atoms with Crippen LogP contribution in [0.4, 0.5) is 11.6 Å². The van der Waals surface area contributed by atoms with Crippen LogP contribution in [0.25, 0.3) is 0 Å². The van der Waals surface area contributed by atoms with E-state index in [0.717, 1.165) is 16.9 Å². The monoisotopic (exact) mass is 273 g/mol. The van der Waals surface area contributed by atoms with Gasteiger partial charge in [-0.1, -0.05) is 17.3 Å². The molecule has 106 valence electrons. The maximum atomic E-state index is 12.1. The van der Waals surface area contributed by atoms with Gasteiger partial charge in [0.2, 0.25) is 11.8 Å². The molecule has 0 spiro atoms. The summed E-state index contributed by atoms with van der Waals surface area (Å²) in [6.07, 6.45) is 0. The quantitative estimate of drug-likeness (QED) is 0.898. The van der Waals surface area contributed by atoms with Crippen molar-refractivity contribution in [3.05, 3.63) is 41.1 Å². The minimum Gasteiger partial charge on any atom is -0.374 e. The van der Waals surface area contributed by atoms with Crippen molar-refractivity contribution in [2.75, 3.05) is 10.6 Å². The van der Waals surface area contributed by atoms with Gasteiger partial charge in [-0.2, -0.15) is 0 Å². The SMILES string of the molecule is Cc1cc(NC(=O)C(C)Nc2cccc(C)c2C)on1. The molecule has 1 heterocycles. The van der Waals surface area contributed by atoms with Crippen molar-refractivity contribution in [1.29, 1.82) is 0 Å². The average molecular weight is 273 g/mol. The number of anilines is 2. The van der Waals surface area contributed by atoms with E-state index >= 15 is 0 Å². The molecule has 0 aliphatic rings. The number of carbonyl (C=O) groups excluding carboxylic acids is 1. The van der Waals surface area contributed by atoms with Crippen molar-refractivity contribution < 1.29 is 9.32 Å². The Balaban J connectivity index is 2.02. The number of nitrogens with one attached hydrogen (secondary N) is 2. The summed E-state index contributed by atoms with van der Waals surface area (Å²) >= 11 is 0. The molecule has 1 aromatic carbocycles. The molecule has 1 amide bonds. The molecule has 0 bridgehead atoms. The van der Waals surface area contributed by atoms with Crippen LogP contribution < -0.4 is 10.6 Å². The van der Waals surface area contributed by atoms with E-state index in [-0.39, 0.29) is 11.9 Å². The van der Waals surface area contributed by atoms with Crippen molar-refractivity contribution in [1.82, 2.24) is 5.16 Å². The minimum atomic E-state index is -0.374. The number of amides is 1. The third-order valence-electron chi connectivity index (χ3n) is 3.24. The fraction of sp³-hybridized carbons (Fsp3) is 0.333. The predicted molar refractivity (Wildman–Crippen MR) is 78.9 cm³/mol. The van der Waals surface area contributed by atoms with Crippen molar-refractivity contribution >= 4 is 17.5 Å². The van der Waals surface area contributed by atoms with Gasteiger partial charge in [0.05, 0.1) is 5.69 Å². The first kappa shape index (κ1) is 14.1. The number of carbonyl (C=O) groups is 1. The van der Waals surface area contributed by atoms with Crippen molar-refractivity contribution in [2.45, 2.75) is 33.7 Å². The topological polar surface area (TPSA) is 67.2 Å². The third kappa shape index (κ3) is 3.17. The third-order valence-corrected chi connectivity index (χ3v) is 3.24. The molecule has 0 radical (unpaired) electrons. The van der Waals surface area contributed by atoms with Crippen molar-refractivity contribution in [3.63, 3.8) is 0 Å². The van der Waals surface area contributed by atoms with E-state index in [4.69, 9.17) is 4.52 Å². The highest BCUT2D eigenvalue weighted by molar-refractivity contribution is 5.95. The molecular formula is C15H19N3O2. The first-order valence-electron chi connectivity index (χ1n) is 6.54. The standard InChI is InChI=1S/C15H19N3O2/c1-9-6-5-7-13(11(9)3)16-12(4)15(19)17-14-8-10(2)18-20-14/h5-8,12,16H,1-4H3,(H,17,19). The number of aromatic nitrogens is 1. The van der Waals surface area contributed by atoms with Gasteiger partial charge in [-0.25, -0.2) is 0 Å². The Labute approximate surface area is 118 Å². The zero-order chi connectivity index (χ0) is 14.7. The summed E-state index contributed by atoms with van der Waals surface area (Å²) in [4.78, 5) is 12.1.